The van der Waals surface area contributed by atoms with Crippen molar-refractivity contribution in [1.82, 2.24) is 15.0 Å². The third kappa shape index (κ3) is 3.45. The van der Waals surface area contributed by atoms with Gasteiger partial charge < -0.3 is 4.74 Å². The normalized spacial score (nSPS) is 11.7. The molecule has 1 aromatic carbocycles. The van der Waals surface area contributed by atoms with Gasteiger partial charge in [0.15, 0.2) is 0 Å². The molecule has 0 spiro atoms. The van der Waals surface area contributed by atoms with Gasteiger partial charge in [0.1, 0.15) is 11.4 Å². The van der Waals surface area contributed by atoms with Crippen LogP contribution >= 0.6 is 31.9 Å². The second-order valence-electron chi connectivity index (χ2n) is 4.42. The number of hydrogen-bond acceptors (Lipinski definition) is 4. The number of halogens is 5. The van der Waals surface area contributed by atoms with Crippen molar-refractivity contribution in [3.05, 3.63) is 51.3 Å². The van der Waals surface area contributed by atoms with Crippen LogP contribution in [0.4, 0.5) is 13.2 Å². The summed E-state index contributed by atoms with van der Waals surface area (Å²) < 4.78 is 45.1. The molecule has 9 heteroatoms. The Kier molecular flexibility index (Phi) is 4.24. The van der Waals surface area contributed by atoms with Crippen molar-refractivity contribution < 1.29 is 17.9 Å². The Hall–Kier alpha value is -1.74. The van der Waals surface area contributed by atoms with Crippen LogP contribution in [0.5, 0.6) is 11.8 Å². The smallest absolute Gasteiger partial charge is 0.424 e. The van der Waals surface area contributed by atoms with Crippen LogP contribution in [0.2, 0.25) is 0 Å². The largest absolute Gasteiger partial charge is 0.433 e. The first-order valence-corrected chi connectivity index (χ1v) is 7.75. The SMILES string of the molecule is FC(F)(F)c1ccc2c(Oc3ncc(Br)cn3)ccc(Br)c2n1. The van der Waals surface area contributed by atoms with Gasteiger partial charge in [-0.2, -0.15) is 13.2 Å². The summed E-state index contributed by atoms with van der Waals surface area (Å²) in [6, 6.07) is 5.46. The molecule has 0 bridgehead atoms. The molecule has 0 atom stereocenters. The van der Waals surface area contributed by atoms with Gasteiger partial charge in [0.25, 0.3) is 0 Å². The number of benzene rings is 1. The molecule has 0 radical (unpaired) electrons. The van der Waals surface area contributed by atoms with E-state index in [0.29, 0.717) is 20.1 Å². The summed E-state index contributed by atoms with van der Waals surface area (Å²) >= 11 is 6.41. The highest BCUT2D eigenvalue weighted by atomic mass is 79.9. The molecule has 2 heterocycles. The van der Waals surface area contributed by atoms with Gasteiger partial charge in [-0.3, -0.25) is 0 Å². The van der Waals surface area contributed by atoms with Gasteiger partial charge in [-0.05, 0) is 56.1 Å². The van der Waals surface area contributed by atoms with E-state index in [4.69, 9.17) is 4.74 Å². The maximum Gasteiger partial charge on any atom is 0.433 e. The first-order chi connectivity index (χ1) is 10.8. The fourth-order valence-corrected chi connectivity index (χ4v) is 2.50. The van der Waals surface area contributed by atoms with Gasteiger partial charge >= 0.3 is 12.2 Å². The summed E-state index contributed by atoms with van der Waals surface area (Å²) in [5.74, 6) is 0.312. The zero-order valence-corrected chi connectivity index (χ0v) is 14.3. The molecule has 0 fully saturated rings. The highest BCUT2D eigenvalue weighted by Crippen LogP contribution is 2.35. The summed E-state index contributed by atoms with van der Waals surface area (Å²) in [5.41, 5.74) is -0.822. The molecule has 0 saturated heterocycles. The zero-order chi connectivity index (χ0) is 16.6. The molecule has 0 unspecified atom stereocenters. The van der Waals surface area contributed by atoms with Crippen molar-refractivity contribution in [2.24, 2.45) is 0 Å². The molecule has 3 aromatic rings. The van der Waals surface area contributed by atoms with Crippen molar-refractivity contribution in [2.45, 2.75) is 6.18 Å². The van der Waals surface area contributed by atoms with Gasteiger partial charge in [0, 0.05) is 22.3 Å². The molecule has 0 aliphatic rings. The van der Waals surface area contributed by atoms with Gasteiger partial charge in [-0.1, -0.05) is 0 Å². The Morgan fingerprint density at radius 1 is 0.957 bits per heavy atom. The Morgan fingerprint density at radius 3 is 2.30 bits per heavy atom. The Labute approximate surface area is 145 Å². The molecule has 0 amide bonds. The average Bonchev–Trinajstić information content (AvgIpc) is 2.51. The lowest BCUT2D eigenvalue weighted by Gasteiger charge is -2.11. The van der Waals surface area contributed by atoms with Crippen molar-refractivity contribution in [3.8, 4) is 11.8 Å². The number of fused-ring (bicyclic) bond motifs is 1. The highest BCUT2D eigenvalue weighted by Gasteiger charge is 2.32. The lowest BCUT2D eigenvalue weighted by atomic mass is 10.2. The lowest BCUT2D eigenvalue weighted by molar-refractivity contribution is -0.140. The van der Waals surface area contributed by atoms with Gasteiger partial charge in [-0.15, -0.1) is 0 Å². The van der Waals surface area contributed by atoms with E-state index >= 15 is 0 Å². The minimum absolute atomic E-state index is 0.0803. The second-order valence-corrected chi connectivity index (χ2v) is 6.19. The van der Waals surface area contributed by atoms with E-state index in [-0.39, 0.29) is 11.5 Å². The number of nitrogens with zero attached hydrogens (tertiary/aromatic N) is 3. The van der Waals surface area contributed by atoms with Crippen LogP contribution in [0.3, 0.4) is 0 Å². The number of hydrogen-bond donors (Lipinski definition) is 0. The van der Waals surface area contributed by atoms with Crippen molar-refractivity contribution >= 4 is 42.8 Å². The van der Waals surface area contributed by atoms with Gasteiger partial charge in [0.2, 0.25) is 0 Å². The van der Waals surface area contributed by atoms with Crippen LogP contribution in [0, 0.1) is 0 Å². The van der Waals surface area contributed by atoms with Gasteiger partial charge in [-0.25, -0.2) is 15.0 Å². The molecular formula is C14H6Br2F3N3O. The fourth-order valence-electron chi connectivity index (χ4n) is 1.86. The van der Waals surface area contributed by atoms with E-state index in [1.54, 1.807) is 12.1 Å². The third-order valence-corrected chi connectivity index (χ3v) is 3.91. The number of alkyl halides is 3. The maximum absolute atomic E-state index is 12.8. The van der Waals surface area contributed by atoms with Crippen LogP contribution < -0.4 is 4.74 Å². The van der Waals surface area contributed by atoms with E-state index < -0.39 is 11.9 Å². The summed E-state index contributed by atoms with van der Waals surface area (Å²) in [7, 11) is 0. The molecule has 23 heavy (non-hydrogen) atoms. The fraction of sp³-hybridized carbons (Fsp3) is 0.0714. The lowest BCUT2D eigenvalue weighted by Crippen LogP contribution is -2.07. The maximum atomic E-state index is 12.8. The Balaban J connectivity index is 2.08. The molecule has 4 nitrogen and oxygen atoms in total. The van der Waals surface area contributed by atoms with E-state index in [2.05, 4.69) is 46.8 Å². The predicted octanol–water partition coefficient (Wildman–Crippen LogP) is 5.36. The standard InChI is InChI=1S/C14H6Br2F3N3O/c15-7-5-20-13(21-6-7)23-10-3-2-9(16)12-8(10)1-4-11(22-12)14(17,18)19/h1-6H. The number of pyridine rings is 1. The molecule has 0 N–H and O–H groups in total. The summed E-state index contributed by atoms with van der Waals surface area (Å²) in [5, 5.41) is 0.416. The Bertz CT molecular complexity index is 870. The van der Waals surface area contributed by atoms with Crippen molar-refractivity contribution in [3.63, 3.8) is 0 Å². The monoisotopic (exact) mass is 447 g/mol. The highest BCUT2D eigenvalue weighted by molar-refractivity contribution is 9.11. The van der Waals surface area contributed by atoms with Crippen LogP contribution in [-0.2, 0) is 6.18 Å². The minimum Gasteiger partial charge on any atom is -0.424 e. The number of rotatable bonds is 2. The van der Waals surface area contributed by atoms with E-state index in [9.17, 15) is 13.2 Å². The zero-order valence-electron chi connectivity index (χ0n) is 11.1. The topological polar surface area (TPSA) is 47.9 Å². The molecule has 0 aliphatic heterocycles. The first-order valence-electron chi connectivity index (χ1n) is 6.16. The van der Waals surface area contributed by atoms with E-state index in [1.807, 2.05) is 0 Å². The summed E-state index contributed by atoms with van der Waals surface area (Å²) in [4.78, 5) is 11.6. The third-order valence-electron chi connectivity index (χ3n) is 2.86. The number of ether oxygens (including phenoxy) is 1. The molecule has 0 saturated carbocycles. The predicted molar refractivity (Wildman–Crippen MR) is 84.3 cm³/mol. The van der Waals surface area contributed by atoms with Crippen LogP contribution in [0.15, 0.2) is 45.6 Å². The van der Waals surface area contributed by atoms with Crippen LogP contribution in [0.25, 0.3) is 10.9 Å². The molecule has 118 valence electrons. The average molecular weight is 449 g/mol. The summed E-state index contributed by atoms with van der Waals surface area (Å²) in [6.07, 6.45) is -1.51. The molecule has 2 aromatic heterocycles. The molecule has 0 aliphatic carbocycles. The molecule has 3 rings (SSSR count). The van der Waals surface area contributed by atoms with Crippen LogP contribution in [-0.4, -0.2) is 15.0 Å². The molecular weight excluding hydrogens is 443 g/mol. The van der Waals surface area contributed by atoms with E-state index in [1.165, 1.54) is 18.5 Å². The van der Waals surface area contributed by atoms with Gasteiger partial charge in [0.05, 0.1) is 9.99 Å². The first kappa shape index (κ1) is 16.1. The Morgan fingerprint density at radius 2 is 1.65 bits per heavy atom. The van der Waals surface area contributed by atoms with Crippen molar-refractivity contribution in [2.75, 3.05) is 0 Å². The quantitative estimate of drug-likeness (QED) is 0.529. The summed E-state index contributed by atoms with van der Waals surface area (Å²) in [6.45, 7) is 0. The van der Waals surface area contributed by atoms with Crippen LogP contribution in [0.1, 0.15) is 5.69 Å². The van der Waals surface area contributed by atoms with Crippen molar-refractivity contribution in [1.29, 1.82) is 0 Å². The number of aromatic nitrogens is 3. The second kappa shape index (κ2) is 6.04. The minimum atomic E-state index is -4.51. The van der Waals surface area contributed by atoms with E-state index in [0.717, 1.165) is 6.07 Å².